The summed E-state index contributed by atoms with van der Waals surface area (Å²) in [6.07, 6.45) is 5.02. The molecule has 4 heteroatoms. The van der Waals surface area contributed by atoms with Crippen LogP contribution >= 0.6 is 0 Å². The molecule has 0 aromatic carbocycles. The first-order valence-corrected chi connectivity index (χ1v) is 3.79. The number of unbranched alkanes of at least 4 members (excludes halogenated alkanes) is 2. The Morgan fingerprint density at radius 3 is 2.91 bits per heavy atom. The molecule has 0 radical (unpaired) electrons. The molecule has 0 fully saturated rings. The Hall–Kier alpha value is -0.900. The number of aromatic nitrogens is 2. The Kier molecular flexibility index (Phi) is 3.61. The molecule has 62 valence electrons. The van der Waals surface area contributed by atoms with Crippen LogP contribution in [0.25, 0.3) is 0 Å². The molecule has 0 aliphatic rings. The van der Waals surface area contributed by atoms with Gasteiger partial charge in [-0.3, -0.25) is 0 Å². The molecule has 0 bridgehead atoms. The second-order valence-corrected chi connectivity index (χ2v) is 2.37. The van der Waals surface area contributed by atoms with E-state index in [1.165, 1.54) is 6.39 Å². The molecule has 0 atom stereocenters. The third-order valence-electron chi connectivity index (χ3n) is 1.45. The van der Waals surface area contributed by atoms with E-state index < -0.39 is 0 Å². The van der Waals surface area contributed by atoms with Crippen molar-refractivity contribution in [3.63, 3.8) is 0 Å². The molecule has 1 rings (SSSR count). The van der Waals surface area contributed by atoms with E-state index in [1.54, 1.807) is 0 Å². The molecule has 0 amide bonds. The van der Waals surface area contributed by atoms with Crippen LogP contribution in [0.15, 0.2) is 10.8 Å². The normalized spacial score (nSPS) is 10.3. The van der Waals surface area contributed by atoms with Crippen molar-refractivity contribution < 1.29 is 9.52 Å². The topological polar surface area (TPSA) is 59.2 Å². The number of rotatable bonds is 5. The SMILES string of the molecule is OCCCCCc1nnco1. The van der Waals surface area contributed by atoms with Crippen molar-refractivity contribution in [1.82, 2.24) is 10.2 Å². The predicted molar refractivity (Wildman–Crippen MR) is 38.9 cm³/mol. The fraction of sp³-hybridized carbons (Fsp3) is 0.714. The third kappa shape index (κ3) is 3.13. The first-order valence-electron chi connectivity index (χ1n) is 3.79. The van der Waals surface area contributed by atoms with Gasteiger partial charge in [0.15, 0.2) is 0 Å². The monoisotopic (exact) mass is 156 g/mol. The van der Waals surface area contributed by atoms with Gasteiger partial charge in [-0.2, -0.15) is 0 Å². The van der Waals surface area contributed by atoms with Gasteiger partial charge >= 0.3 is 0 Å². The van der Waals surface area contributed by atoms with E-state index in [2.05, 4.69) is 10.2 Å². The molecule has 0 aliphatic heterocycles. The summed E-state index contributed by atoms with van der Waals surface area (Å²) in [4.78, 5) is 0. The lowest BCUT2D eigenvalue weighted by Gasteiger charge is -1.93. The summed E-state index contributed by atoms with van der Waals surface area (Å²) in [5, 5.41) is 15.8. The summed E-state index contributed by atoms with van der Waals surface area (Å²) < 4.78 is 4.93. The van der Waals surface area contributed by atoms with Crippen LogP contribution in [0.4, 0.5) is 0 Å². The largest absolute Gasteiger partial charge is 0.428 e. The minimum absolute atomic E-state index is 0.268. The highest BCUT2D eigenvalue weighted by Gasteiger charge is 1.96. The van der Waals surface area contributed by atoms with E-state index in [1.807, 2.05) is 0 Å². The predicted octanol–water partition coefficient (Wildman–Crippen LogP) is 0.775. The van der Waals surface area contributed by atoms with Crippen molar-refractivity contribution in [1.29, 1.82) is 0 Å². The van der Waals surface area contributed by atoms with Crippen LogP contribution in [0.3, 0.4) is 0 Å². The summed E-state index contributed by atoms with van der Waals surface area (Å²) in [5.41, 5.74) is 0. The molecular formula is C7H12N2O2. The molecule has 4 nitrogen and oxygen atoms in total. The summed E-state index contributed by atoms with van der Waals surface area (Å²) in [7, 11) is 0. The van der Waals surface area contributed by atoms with Crippen LogP contribution in [0, 0.1) is 0 Å². The van der Waals surface area contributed by atoms with Gasteiger partial charge in [-0.05, 0) is 12.8 Å². The van der Waals surface area contributed by atoms with Crippen LogP contribution in [-0.2, 0) is 6.42 Å². The lowest BCUT2D eigenvalue weighted by Crippen LogP contribution is -1.88. The summed E-state index contributed by atoms with van der Waals surface area (Å²) in [6, 6.07) is 0. The van der Waals surface area contributed by atoms with Crippen molar-refractivity contribution >= 4 is 0 Å². The smallest absolute Gasteiger partial charge is 0.216 e. The average Bonchev–Trinajstić information content (AvgIpc) is 2.50. The molecule has 11 heavy (non-hydrogen) atoms. The molecule has 1 aromatic heterocycles. The fourth-order valence-corrected chi connectivity index (χ4v) is 0.870. The second-order valence-electron chi connectivity index (χ2n) is 2.37. The maximum atomic E-state index is 8.47. The second kappa shape index (κ2) is 4.85. The Morgan fingerprint density at radius 2 is 2.27 bits per heavy atom. The minimum atomic E-state index is 0.268. The number of aliphatic hydroxyl groups is 1. The number of aryl methyl sites for hydroxylation is 1. The van der Waals surface area contributed by atoms with Gasteiger partial charge in [-0.1, -0.05) is 6.42 Å². The first-order chi connectivity index (χ1) is 5.43. The standard InChI is InChI=1S/C7H12N2O2/c10-5-3-1-2-4-7-9-8-6-11-7/h6,10H,1-5H2. The highest BCUT2D eigenvalue weighted by Crippen LogP contribution is 2.01. The molecule has 0 saturated carbocycles. The quantitative estimate of drug-likeness (QED) is 0.640. The fourth-order valence-electron chi connectivity index (χ4n) is 0.870. The van der Waals surface area contributed by atoms with Crippen molar-refractivity contribution in [2.45, 2.75) is 25.7 Å². The van der Waals surface area contributed by atoms with Crippen molar-refractivity contribution in [3.8, 4) is 0 Å². The van der Waals surface area contributed by atoms with Gasteiger partial charge in [-0.15, -0.1) is 10.2 Å². The summed E-state index contributed by atoms with van der Waals surface area (Å²) in [6.45, 7) is 0.268. The molecule has 1 heterocycles. The van der Waals surface area contributed by atoms with Crippen LogP contribution in [0.2, 0.25) is 0 Å². The number of hydrogen-bond donors (Lipinski definition) is 1. The van der Waals surface area contributed by atoms with Gasteiger partial charge < -0.3 is 9.52 Å². The maximum absolute atomic E-state index is 8.47. The van der Waals surface area contributed by atoms with E-state index >= 15 is 0 Å². The van der Waals surface area contributed by atoms with Gasteiger partial charge in [-0.25, -0.2) is 0 Å². The Labute approximate surface area is 65.3 Å². The van der Waals surface area contributed by atoms with Gasteiger partial charge in [0.25, 0.3) is 0 Å². The minimum Gasteiger partial charge on any atom is -0.428 e. The zero-order chi connectivity index (χ0) is 7.94. The molecule has 0 saturated heterocycles. The average molecular weight is 156 g/mol. The number of hydrogen-bond acceptors (Lipinski definition) is 4. The zero-order valence-electron chi connectivity index (χ0n) is 6.36. The molecule has 0 spiro atoms. The van der Waals surface area contributed by atoms with Crippen LogP contribution in [0.5, 0.6) is 0 Å². The van der Waals surface area contributed by atoms with Crippen molar-refractivity contribution in [3.05, 3.63) is 12.3 Å². The summed E-state index contributed by atoms with van der Waals surface area (Å²) >= 11 is 0. The van der Waals surface area contributed by atoms with E-state index in [4.69, 9.17) is 9.52 Å². The van der Waals surface area contributed by atoms with E-state index in [-0.39, 0.29) is 6.61 Å². The van der Waals surface area contributed by atoms with Gasteiger partial charge in [0.1, 0.15) is 0 Å². The third-order valence-corrected chi connectivity index (χ3v) is 1.45. The molecule has 0 aliphatic carbocycles. The highest BCUT2D eigenvalue weighted by molar-refractivity contribution is 4.71. The van der Waals surface area contributed by atoms with Crippen molar-refractivity contribution in [2.24, 2.45) is 0 Å². The zero-order valence-corrected chi connectivity index (χ0v) is 6.36. The molecule has 0 unspecified atom stereocenters. The number of nitrogens with zero attached hydrogens (tertiary/aromatic N) is 2. The van der Waals surface area contributed by atoms with Gasteiger partial charge in [0.05, 0.1) is 0 Å². The summed E-state index contributed by atoms with van der Waals surface area (Å²) in [5.74, 6) is 0.683. The van der Waals surface area contributed by atoms with Gasteiger partial charge in [0.2, 0.25) is 12.3 Å². The van der Waals surface area contributed by atoms with Gasteiger partial charge in [0, 0.05) is 13.0 Å². The lowest BCUT2D eigenvalue weighted by atomic mass is 10.2. The lowest BCUT2D eigenvalue weighted by molar-refractivity contribution is 0.282. The molecule has 1 N–H and O–H groups in total. The Morgan fingerprint density at radius 1 is 1.36 bits per heavy atom. The Balaban J connectivity index is 2.04. The van der Waals surface area contributed by atoms with E-state index in [0.717, 1.165) is 25.7 Å². The van der Waals surface area contributed by atoms with Crippen molar-refractivity contribution in [2.75, 3.05) is 6.61 Å². The van der Waals surface area contributed by atoms with Crippen LogP contribution in [0.1, 0.15) is 25.2 Å². The molecular weight excluding hydrogens is 144 g/mol. The van der Waals surface area contributed by atoms with E-state index in [0.29, 0.717) is 5.89 Å². The number of aliphatic hydroxyl groups excluding tert-OH is 1. The molecule has 1 aromatic rings. The highest BCUT2D eigenvalue weighted by atomic mass is 16.4. The Bertz CT molecular complexity index is 175. The van der Waals surface area contributed by atoms with E-state index in [9.17, 15) is 0 Å². The first kappa shape index (κ1) is 8.20. The van der Waals surface area contributed by atoms with Crippen LogP contribution < -0.4 is 0 Å². The maximum Gasteiger partial charge on any atom is 0.216 e. The van der Waals surface area contributed by atoms with Crippen LogP contribution in [-0.4, -0.2) is 21.9 Å².